The maximum absolute atomic E-state index is 5.63. The van der Waals surface area contributed by atoms with Crippen LogP contribution in [0.5, 0.6) is 0 Å². The van der Waals surface area contributed by atoms with Crippen LogP contribution in [0.3, 0.4) is 0 Å². The van der Waals surface area contributed by atoms with Crippen molar-refractivity contribution in [2.45, 2.75) is 13.0 Å². The molecule has 2 heterocycles. The summed E-state index contributed by atoms with van der Waals surface area (Å²) in [5.41, 5.74) is 7.88. The van der Waals surface area contributed by atoms with E-state index in [0.717, 1.165) is 17.1 Å². The van der Waals surface area contributed by atoms with E-state index in [2.05, 4.69) is 29.6 Å². The minimum absolute atomic E-state index is 0.623. The fraction of sp³-hybridized carbons (Fsp3) is 0.133. The molecule has 2 aromatic heterocycles. The number of hydrogen-bond acceptors (Lipinski definition) is 4. The van der Waals surface area contributed by atoms with Gasteiger partial charge in [-0.3, -0.25) is 0 Å². The van der Waals surface area contributed by atoms with Crippen molar-refractivity contribution in [1.82, 2.24) is 4.98 Å². The van der Waals surface area contributed by atoms with Gasteiger partial charge in [-0.1, -0.05) is 30.3 Å². The molecule has 19 heavy (non-hydrogen) atoms. The molecule has 0 amide bonds. The standard InChI is InChI=1S/C15H14N2S2/c16-9-13-7-6-12(19-13)8-15-17-14(10-18-15)11-4-2-1-3-5-11/h1-7,10H,8-9,16H2. The lowest BCUT2D eigenvalue weighted by Crippen LogP contribution is -1.91. The fourth-order valence-electron chi connectivity index (χ4n) is 1.91. The molecule has 3 aromatic rings. The van der Waals surface area contributed by atoms with Crippen molar-refractivity contribution in [3.05, 3.63) is 62.6 Å². The van der Waals surface area contributed by atoms with Gasteiger partial charge in [0.05, 0.1) is 10.7 Å². The van der Waals surface area contributed by atoms with E-state index in [1.807, 2.05) is 18.2 Å². The van der Waals surface area contributed by atoms with Gasteiger partial charge in [0.2, 0.25) is 0 Å². The van der Waals surface area contributed by atoms with E-state index in [9.17, 15) is 0 Å². The number of aromatic nitrogens is 1. The summed E-state index contributed by atoms with van der Waals surface area (Å²) in [5, 5.41) is 3.28. The first-order valence-electron chi connectivity index (χ1n) is 6.12. The summed E-state index contributed by atoms with van der Waals surface area (Å²) in [6.45, 7) is 0.623. The normalized spacial score (nSPS) is 10.8. The number of benzene rings is 1. The molecule has 0 aliphatic carbocycles. The van der Waals surface area contributed by atoms with Crippen LogP contribution in [-0.4, -0.2) is 4.98 Å². The third-order valence-electron chi connectivity index (χ3n) is 2.87. The van der Waals surface area contributed by atoms with Gasteiger partial charge in [-0.25, -0.2) is 4.98 Å². The summed E-state index contributed by atoms with van der Waals surface area (Å²) in [4.78, 5) is 7.26. The molecule has 1 aromatic carbocycles. The topological polar surface area (TPSA) is 38.9 Å². The molecule has 3 rings (SSSR count). The maximum Gasteiger partial charge on any atom is 0.0984 e. The van der Waals surface area contributed by atoms with Crippen LogP contribution in [-0.2, 0) is 13.0 Å². The first-order chi connectivity index (χ1) is 9.35. The Morgan fingerprint density at radius 1 is 1.00 bits per heavy atom. The Hall–Kier alpha value is -1.49. The molecule has 0 radical (unpaired) electrons. The molecule has 0 saturated carbocycles. The SMILES string of the molecule is NCc1ccc(Cc2nc(-c3ccccc3)cs2)s1. The first-order valence-corrected chi connectivity index (χ1v) is 7.82. The van der Waals surface area contributed by atoms with Crippen molar-refractivity contribution >= 4 is 22.7 Å². The second-order valence-electron chi connectivity index (χ2n) is 4.24. The second kappa shape index (κ2) is 5.65. The predicted molar refractivity (Wildman–Crippen MR) is 82.6 cm³/mol. The zero-order valence-electron chi connectivity index (χ0n) is 10.4. The van der Waals surface area contributed by atoms with Gasteiger partial charge in [-0.15, -0.1) is 22.7 Å². The van der Waals surface area contributed by atoms with E-state index < -0.39 is 0 Å². The van der Waals surface area contributed by atoms with Crippen molar-refractivity contribution in [3.8, 4) is 11.3 Å². The van der Waals surface area contributed by atoms with Crippen LogP contribution in [0.2, 0.25) is 0 Å². The maximum atomic E-state index is 5.63. The average molecular weight is 286 g/mol. The van der Waals surface area contributed by atoms with Gasteiger partial charge in [0, 0.05) is 33.7 Å². The summed E-state index contributed by atoms with van der Waals surface area (Å²) in [5.74, 6) is 0. The van der Waals surface area contributed by atoms with Crippen molar-refractivity contribution in [3.63, 3.8) is 0 Å². The van der Waals surface area contributed by atoms with Gasteiger partial charge >= 0.3 is 0 Å². The smallest absolute Gasteiger partial charge is 0.0984 e. The Morgan fingerprint density at radius 2 is 1.79 bits per heavy atom. The zero-order chi connectivity index (χ0) is 13.1. The van der Waals surface area contributed by atoms with Crippen LogP contribution in [0.1, 0.15) is 14.8 Å². The Balaban J connectivity index is 1.78. The minimum atomic E-state index is 0.623. The van der Waals surface area contributed by atoms with Gasteiger partial charge < -0.3 is 5.73 Å². The van der Waals surface area contributed by atoms with Gasteiger partial charge in [-0.2, -0.15) is 0 Å². The Kier molecular flexibility index (Phi) is 3.73. The van der Waals surface area contributed by atoms with Gasteiger partial charge in [0.1, 0.15) is 0 Å². The van der Waals surface area contributed by atoms with Crippen molar-refractivity contribution in [1.29, 1.82) is 0 Å². The lowest BCUT2D eigenvalue weighted by Gasteiger charge is -1.95. The highest BCUT2D eigenvalue weighted by Gasteiger charge is 2.06. The summed E-state index contributed by atoms with van der Waals surface area (Å²) in [7, 11) is 0. The highest BCUT2D eigenvalue weighted by Crippen LogP contribution is 2.25. The quantitative estimate of drug-likeness (QED) is 0.789. The summed E-state index contributed by atoms with van der Waals surface area (Å²) in [6.07, 6.45) is 0.905. The second-order valence-corrected chi connectivity index (χ2v) is 6.44. The third kappa shape index (κ3) is 2.92. The number of nitrogens with two attached hydrogens (primary N) is 1. The molecular formula is C15H14N2S2. The lowest BCUT2D eigenvalue weighted by molar-refractivity contribution is 1.11. The van der Waals surface area contributed by atoms with E-state index in [1.165, 1.54) is 15.3 Å². The highest BCUT2D eigenvalue weighted by atomic mass is 32.1. The number of nitrogens with zero attached hydrogens (tertiary/aromatic N) is 1. The van der Waals surface area contributed by atoms with E-state index in [1.54, 1.807) is 22.7 Å². The van der Waals surface area contributed by atoms with Crippen LogP contribution < -0.4 is 5.73 Å². The molecule has 0 unspecified atom stereocenters. The lowest BCUT2D eigenvalue weighted by atomic mass is 10.2. The van der Waals surface area contributed by atoms with Crippen LogP contribution >= 0.6 is 22.7 Å². The zero-order valence-corrected chi connectivity index (χ0v) is 12.0. The molecule has 0 bridgehead atoms. The van der Waals surface area contributed by atoms with Crippen LogP contribution in [0.25, 0.3) is 11.3 Å². The fourth-order valence-corrected chi connectivity index (χ4v) is 3.73. The van der Waals surface area contributed by atoms with Crippen molar-refractivity contribution in [2.24, 2.45) is 5.73 Å². The molecule has 4 heteroatoms. The molecule has 2 N–H and O–H groups in total. The molecule has 96 valence electrons. The van der Waals surface area contributed by atoms with Crippen LogP contribution in [0.4, 0.5) is 0 Å². The van der Waals surface area contributed by atoms with Crippen LogP contribution in [0, 0.1) is 0 Å². The van der Waals surface area contributed by atoms with E-state index in [-0.39, 0.29) is 0 Å². The first kappa shape index (κ1) is 12.5. The Bertz CT molecular complexity index is 656. The highest BCUT2D eigenvalue weighted by molar-refractivity contribution is 7.12. The largest absolute Gasteiger partial charge is 0.326 e. The Morgan fingerprint density at radius 3 is 2.53 bits per heavy atom. The molecule has 0 atom stereocenters. The van der Waals surface area contributed by atoms with Crippen LogP contribution in [0.15, 0.2) is 47.8 Å². The monoisotopic (exact) mass is 286 g/mol. The number of rotatable bonds is 4. The third-order valence-corrected chi connectivity index (χ3v) is 4.82. The number of thiazole rings is 1. The molecule has 0 saturated heterocycles. The van der Waals surface area contributed by atoms with Crippen molar-refractivity contribution < 1.29 is 0 Å². The summed E-state index contributed by atoms with van der Waals surface area (Å²) < 4.78 is 0. The molecular weight excluding hydrogens is 272 g/mol. The van der Waals surface area contributed by atoms with E-state index in [4.69, 9.17) is 10.7 Å². The van der Waals surface area contributed by atoms with Gasteiger partial charge in [-0.05, 0) is 12.1 Å². The van der Waals surface area contributed by atoms with Gasteiger partial charge in [0.15, 0.2) is 0 Å². The average Bonchev–Trinajstić information content (AvgIpc) is 3.09. The molecule has 0 aliphatic rings. The number of thiophene rings is 1. The van der Waals surface area contributed by atoms with Crippen molar-refractivity contribution in [2.75, 3.05) is 0 Å². The van der Waals surface area contributed by atoms with Gasteiger partial charge in [0.25, 0.3) is 0 Å². The van der Waals surface area contributed by atoms with E-state index >= 15 is 0 Å². The minimum Gasteiger partial charge on any atom is -0.326 e. The Labute approximate surface area is 120 Å². The molecule has 0 spiro atoms. The molecule has 0 fully saturated rings. The predicted octanol–water partition coefficient (Wildman–Crippen LogP) is 3.92. The summed E-state index contributed by atoms with van der Waals surface area (Å²) >= 11 is 3.49. The number of hydrogen-bond donors (Lipinski definition) is 1. The van der Waals surface area contributed by atoms with E-state index in [0.29, 0.717) is 6.54 Å². The molecule has 0 aliphatic heterocycles. The molecule has 2 nitrogen and oxygen atoms in total. The summed E-state index contributed by atoms with van der Waals surface area (Å²) in [6, 6.07) is 14.5.